The zero-order chi connectivity index (χ0) is 12.7. The summed E-state index contributed by atoms with van der Waals surface area (Å²) < 4.78 is 9.50. The molecule has 0 bridgehead atoms. The normalized spacial score (nSPS) is 13.4. The summed E-state index contributed by atoms with van der Waals surface area (Å²) in [6.45, 7) is 0. The first-order chi connectivity index (χ1) is 8.69. The predicted molar refractivity (Wildman–Crippen MR) is 63.8 cm³/mol. The number of rotatable bonds is 2. The van der Waals surface area contributed by atoms with E-state index in [1.807, 2.05) is 12.1 Å². The third-order valence-electron chi connectivity index (χ3n) is 2.53. The molecule has 0 fully saturated rings. The van der Waals surface area contributed by atoms with E-state index in [1.54, 1.807) is 19.2 Å². The number of nitrogens with zero attached hydrogens (tertiary/aromatic N) is 1. The van der Waals surface area contributed by atoms with Crippen molar-refractivity contribution in [3.05, 3.63) is 34.8 Å². The molecule has 1 aliphatic rings. The number of aromatic nitrogens is 1. The Morgan fingerprint density at radius 1 is 1.17 bits per heavy atom. The third kappa shape index (κ3) is 1.58. The van der Waals surface area contributed by atoms with Crippen LogP contribution >= 0.6 is 11.3 Å². The number of carbonyl (C=O) groups excluding carboxylic acids is 2. The Morgan fingerprint density at radius 3 is 2.50 bits per heavy atom. The number of methoxy groups -OCH3 is 1. The van der Waals surface area contributed by atoms with E-state index in [0.717, 1.165) is 22.6 Å². The van der Waals surface area contributed by atoms with Crippen LogP contribution in [0.25, 0.3) is 10.6 Å². The van der Waals surface area contributed by atoms with Gasteiger partial charge in [0, 0.05) is 5.56 Å². The number of cyclic esters (lactones) is 2. The molecule has 0 amide bonds. The van der Waals surface area contributed by atoms with Gasteiger partial charge in [0.1, 0.15) is 15.6 Å². The molecule has 2 aromatic rings. The molecule has 0 atom stereocenters. The van der Waals surface area contributed by atoms with Crippen LogP contribution in [0.4, 0.5) is 0 Å². The van der Waals surface area contributed by atoms with Crippen LogP contribution in [0.5, 0.6) is 5.75 Å². The first-order valence-electron chi connectivity index (χ1n) is 5.11. The van der Waals surface area contributed by atoms with E-state index < -0.39 is 11.9 Å². The predicted octanol–water partition coefficient (Wildman–Crippen LogP) is 2.13. The van der Waals surface area contributed by atoms with Gasteiger partial charge in [-0.1, -0.05) is 0 Å². The van der Waals surface area contributed by atoms with Crippen molar-refractivity contribution in [3.8, 4) is 16.3 Å². The molecule has 0 spiro atoms. The summed E-state index contributed by atoms with van der Waals surface area (Å²) in [4.78, 5) is 27.0. The summed E-state index contributed by atoms with van der Waals surface area (Å²) in [7, 11) is 1.58. The Kier molecular flexibility index (Phi) is 2.38. The van der Waals surface area contributed by atoms with Gasteiger partial charge in [-0.3, -0.25) is 0 Å². The van der Waals surface area contributed by atoms with Gasteiger partial charge < -0.3 is 9.47 Å². The van der Waals surface area contributed by atoms with E-state index in [2.05, 4.69) is 9.72 Å². The van der Waals surface area contributed by atoms with E-state index in [0.29, 0.717) is 5.01 Å². The maximum absolute atomic E-state index is 11.3. The van der Waals surface area contributed by atoms with Crippen molar-refractivity contribution in [2.24, 2.45) is 0 Å². The molecular weight excluding hydrogens is 254 g/mol. The lowest BCUT2D eigenvalue weighted by atomic mass is 10.2. The van der Waals surface area contributed by atoms with Gasteiger partial charge in [-0.05, 0) is 24.3 Å². The second-order valence-corrected chi connectivity index (χ2v) is 4.60. The average molecular weight is 261 g/mol. The van der Waals surface area contributed by atoms with E-state index in [1.165, 1.54) is 0 Å². The second kappa shape index (κ2) is 3.92. The smallest absolute Gasteiger partial charge is 0.366 e. The van der Waals surface area contributed by atoms with Gasteiger partial charge in [-0.2, -0.15) is 0 Å². The Morgan fingerprint density at radius 2 is 1.89 bits per heavy atom. The second-order valence-electron chi connectivity index (χ2n) is 3.60. The van der Waals surface area contributed by atoms with Crippen molar-refractivity contribution in [2.45, 2.75) is 0 Å². The summed E-state index contributed by atoms with van der Waals surface area (Å²) in [6, 6.07) is 7.23. The van der Waals surface area contributed by atoms with Crippen LogP contribution in [-0.2, 0) is 4.74 Å². The molecular formula is C12H7NO4S. The number of benzene rings is 1. The Hall–Kier alpha value is -2.21. The number of hydrogen-bond acceptors (Lipinski definition) is 6. The lowest BCUT2D eigenvalue weighted by molar-refractivity contribution is 0.0443. The van der Waals surface area contributed by atoms with Crippen LogP contribution in [0.3, 0.4) is 0 Å². The molecule has 0 radical (unpaired) electrons. The van der Waals surface area contributed by atoms with Crippen LogP contribution in [-0.4, -0.2) is 24.0 Å². The van der Waals surface area contributed by atoms with Crippen LogP contribution in [0, 0.1) is 0 Å². The Bertz CT molecular complexity index is 613. The fourth-order valence-electron chi connectivity index (χ4n) is 1.63. The highest BCUT2D eigenvalue weighted by Gasteiger charge is 2.34. The van der Waals surface area contributed by atoms with E-state index in [9.17, 15) is 9.59 Å². The first kappa shape index (κ1) is 10.9. The summed E-state index contributed by atoms with van der Waals surface area (Å²) in [6.07, 6.45) is 0. The maximum atomic E-state index is 11.3. The number of thiazole rings is 1. The van der Waals surface area contributed by atoms with Crippen LogP contribution in [0.15, 0.2) is 24.3 Å². The standard InChI is InChI=1S/C12H7NO4S/c1-16-7-4-2-6(3-5-7)10-13-8-9(18-10)12(15)17-11(8)14/h2-5H,1H3. The molecule has 1 aliphatic heterocycles. The van der Waals surface area contributed by atoms with Gasteiger partial charge in [0.15, 0.2) is 5.69 Å². The van der Waals surface area contributed by atoms with Crippen molar-refractivity contribution in [1.82, 2.24) is 4.98 Å². The molecule has 3 rings (SSSR count). The highest BCUT2D eigenvalue weighted by atomic mass is 32.1. The van der Waals surface area contributed by atoms with Crippen molar-refractivity contribution in [2.75, 3.05) is 7.11 Å². The first-order valence-corrected chi connectivity index (χ1v) is 5.92. The Balaban J connectivity index is 2.03. The van der Waals surface area contributed by atoms with Crippen molar-refractivity contribution in [3.63, 3.8) is 0 Å². The molecule has 1 aromatic carbocycles. The van der Waals surface area contributed by atoms with Gasteiger partial charge in [-0.25, -0.2) is 14.6 Å². The lowest BCUT2D eigenvalue weighted by Gasteiger charge is -2.00. The maximum Gasteiger partial charge on any atom is 0.366 e. The molecule has 5 nitrogen and oxygen atoms in total. The van der Waals surface area contributed by atoms with Crippen molar-refractivity contribution < 1.29 is 19.1 Å². The average Bonchev–Trinajstić information content (AvgIpc) is 2.93. The number of ether oxygens (including phenoxy) is 2. The fraction of sp³-hybridized carbons (Fsp3) is 0.0833. The molecule has 0 saturated carbocycles. The third-order valence-corrected chi connectivity index (χ3v) is 3.61. The molecule has 0 unspecified atom stereocenters. The molecule has 18 heavy (non-hydrogen) atoms. The SMILES string of the molecule is COc1ccc(-c2nc3c(s2)C(=O)OC3=O)cc1. The molecule has 0 saturated heterocycles. The molecule has 2 heterocycles. The number of hydrogen-bond donors (Lipinski definition) is 0. The van der Waals surface area contributed by atoms with Gasteiger partial charge >= 0.3 is 11.9 Å². The minimum Gasteiger partial charge on any atom is -0.497 e. The van der Waals surface area contributed by atoms with Crippen LogP contribution in [0.1, 0.15) is 20.2 Å². The van der Waals surface area contributed by atoms with E-state index in [4.69, 9.17) is 4.74 Å². The van der Waals surface area contributed by atoms with Gasteiger partial charge in [-0.15, -0.1) is 11.3 Å². The fourth-order valence-corrected chi connectivity index (χ4v) is 2.57. The number of carbonyl (C=O) groups is 2. The van der Waals surface area contributed by atoms with E-state index in [-0.39, 0.29) is 10.6 Å². The highest BCUT2D eigenvalue weighted by molar-refractivity contribution is 7.17. The quantitative estimate of drug-likeness (QED) is 0.612. The monoisotopic (exact) mass is 261 g/mol. The van der Waals surface area contributed by atoms with Crippen LogP contribution in [0.2, 0.25) is 0 Å². The summed E-state index contributed by atoms with van der Waals surface area (Å²) in [5.41, 5.74) is 0.937. The topological polar surface area (TPSA) is 65.5 Å². The minimum atomic E-state index is -0.675. The zero-order valence-corrected chi connectivity index (χ0v) is 10.1. The van der Waals surface area contributed by atoms with Gasteiger partial charge in [0.25, 0.3) is 0 Å². The summed E-state index contributed by atoms with van der Waals surface area (Å²) in [5, 5.41) is 0.618. The summed E-state index contributed by atoms with van der Waals surface area (Å²) >= 11 is 1.15. The van der Waals surface area contributed by atoms with Crippen molar-refractivity contribution >= 4 is 23.3 Å². The summed E-state index contributed by atoms with van der Waals surface area (Å²) in [5.74, 6) is -0.559. The number of fused-ring (bicyclic) bond motifs is 1. The zero-order valence-electron chi connectivity index (χ0n) is 9.30. The molecule has 0 aliphatic carbocycles. The molecule has 0 N–H and O–H groups in total. The minimum absolute atomic E-state index is 0.107. The molecule has 1 aromatic heterocycles. The largest absolute Gasteiger partial charge is 0.497 e. The van der Waals surface area contributed by atoms with E-state index >= 15 is 0 Å². The lowest BCUT2D eigenvalue weighted by Crippen LogP contribution is -1.99. The van der Waals surface area contributed by atoms with Crippen molar-refractivity contribution in [1.29, 1.82) is 0 Å². The molecule has 6 heteroatoms. The highest BCUT2D eigenvalue weighted by Crippen LogP contribution is 2.32. The van der Waals surface area contributed by atoms with Crippen LogP contribution < -0.4 is 4.74 Å². The van der Waals surface area contributed by atoms with Gasteiger partial charge in [0.05, 0.1) is 7.11 Å². The molecule has 90 valence electrons. The number of esters is 2. The van der Waals surface area contributed by atoms with Gasteiger partial charge in [0.2, 0.25) is 0 Å². The Labute approximate surface area is 106 Å².